The van der Waals surface area contributed by atoms with Crippen LogP contribution in [0.2, 0.25) is 0 Å². The van der Waals surface area contributed by atoms with Crippen LogP contribution in [0, 0.1) is 5.41 Å². The fourth-order valence-electron chi connectivity index (χ4n) is 4.47. The van der Waals surface area contributed by atoms with Crippen molar-refractivity contribution in [3.63, 3.8) is 0 Å². The zero-order chi connectivity index (χ0) is 24.5. The van der Waals surface area contributed by atoms with E-state index in [0.29, 0.717) is 11.3 Å². The minimum atomic E-state index is -0.395. The first kappa shape index (κ1) is 24.0. The summed E-state index contributed by atoms with van der Waals surface area (Å²) in [7, 11) is 0. The lowest BCUT2D eigenvalue weighted by molar-refractivity contribution is 0.0734. The Hall–Kier alpha value is -3.12. The number of aromatic nitrogens is 2. The van der Waals surface area contributed by atoms with Crippen molar-refractivity contribution >= 4 is 33.4 Å². The Bertz CT molecular complexity index is 1320. The van der Waals surface area contributed by atoms with Crippen molar-refractivity contribution in [3.8, 4) is 17.0 Å². The number of carbonyl (C=O) groups is 1. The largest absolute Gasteiger partial charge is 0.423 e. The SMILES string of the molecule is CC(C)(C)CC(C)(C)Nc1c(-c2ccc(OC(=O)c3cccc(Br)c3)cc2)nc2ccccn12. The molecule has 0 amide bonds. The summed E-state index contributed by atoms with van der Waals surface area (Å²) in [5.74, 6) is 1.04. The maximum atomic E-state index is 12.5. The minimum absolute atomic E-state index is 0.141. The van der Waals surface area contributed by atoms with Gasteiger partial charge in [-0.2, -0.15) is 0 Å². The van der Waals surface area contributed by atoms with Crippen molar-refractivity contribution < 1.29 is 9.53 Å². The van der Waals surface area contributed by atoms with E-state index in [4.69, 9.17) is 9.72 Å². The van der Waals surface area contributed by atoms with E-state index < -0.39 is 5.97 Å². The number of anilines is 1. The summed E-state index contributed by atoms with van der Waals surface area (Å²) in [5, 5.41) is 3.75. The zero-order valence-electron chi connectivity index (χ0n) is 20.2. The highest BCUT2D eigenvalue weighted by atomic mass is 79.9. The average Bonchev–Trinajstić information content (AvgIpc) is 3.10. The van der Waals surface area contributed by atoms with Gasteiger partial charge < -0.3 is 10.1 Å². The number of halogens is 1. The molecule has 0 radical (unpaired) electrons. The summed E-state index contributed by atoms with van der Waals surface area (Å²) in [6.07, 6.45) is 3.01. The molecule has 0 saturated heterocycles. The maximum absolute atomic E-state index is 12.5. The van der Waals surface area contributed by atoms with Crippen molar-refractivity contribution in [1.29, 1.82) is 0 Å². The molecule has 0 saturated carbocycles. The lowest BCUT2D eigenvalue weighted by Crippen LogP contribution is -2.36. The van der Waals surface area contributed by atoms with Gasteiger partial charge >= 0.3 is 5.97 Å². The van der Waals surface area contributed by atoms with E-state index in [9.17, 15) is 4.79 Å². The third-order valence-corrected chi connectivity index (χ3v) is 5.85. The second-order valence-corrected chi connectivity index (χ2v) is 11.3. The molecule has 6 heteroatoms. The van der Waals surface area contributed by atoms with E-state index in [1.165, 1.54) is 0 Å². The summed E-state index contributed by atoms with van der Waals surface area (Å²) in [5.41, 5.74) is 3.20. The Balaban J connectivity index is 1.63. The van der Waals surface area contributed by atoms with Crippen LogP contribution in [0.15, 0.2) is 77.4 Å². The van der Waals surface area contributed by atoms with Crippen LogP contribution >= 0.6 is 15.9 Å². The number of nitrogens with one attached hydrogen (secondary N) is 1. The maximum Gasteiger partial charge on any atom is 0.343 e. The molecule has 0 aliphatic carbocycles. The molecule has 0 unspecified atom stereocenters. The van der Waals surface area contributed by atoms with Gasteiger partial charge in [-0.15, -0.1) is 0 Å². The van der Waals surface area contributed by atoms with Crippen molar-refractivity contribution in [1.82, 2.24) is 9.38 Å². The molecule has 34 heavy (non-hydrogen) atoms. The van der Waals surface area contributed by atoms with E-state index in [-0.39, 0.29) is 11.0 Å². The van der Waals surface area contributed by atoms with Crippen LogP contribution in [0.4, 0.5) is 5.82 Å². The number of fused-ring (bicyclic) bond motifs is 1. The Morgan fingerprint density at radius 1 is 1.00 bits per heavy atom. The smallest absolute Gasteiger partial charge is 0.343 e. The highest BCUT2D eigenvalue weighted by Crippen LogP contribution is 2.35. The monoisotopic (exact) mass is 519 g/mol. The van der Waals surface area contributed by atoms with E-state index >= 15 is 0 Å². The van der Waals surface area contributed by atoms with Gasteiger partial charge in [-0.1, -0.05) is 48.8 Å². The molecule has 2 heterocycles. The second-order valence-electron chi connectivity index (χ2n) is 10.4. The molecule has 0 aliphatic rings. The fraction of sp³-hybridized carbons (Fsp3) is 0.286. The number of nitrogens with zero attached hydrogens (tertiary/aromatic N) is 2. The third kappa shape index (κ3) is 5.68. The molecule has 4 aromatic rings. The van der Waals surface area contributed by atoms with Crippen molar-refractivity contribution in [3.05, 3.63) is 83.0 Å². The number of rotatable bonds is 6. The Morgan fingerprint density at radius 2 is 1.74 bits per heavy atom. The van der Waals surface area contributed by atoms with E-state index in [1.54, 1.807) is 24.3 Å². The molecule has 4 rings (SSSR count). The number of imidazole rings is 1. The van der Waals surface area contributed by atoms with Gasteiger partial charge in [0, 0.05) is 21.8 Å². The van der Waals surface area contributed by atoms with Gasteiger partial charge in [-0.3, -0.25) is 4.40 Å². The first-order chi connectivity index (χ1) is 16.0. The molecule has 1 N–H and O–H groups in total. The van der Waals surface area contributed by atoms with Gasteiger partial charge in [0.15, 0.2) is 0 Å². The highest BCUT2D eigenvalue weighted by Gasteiger charge is 2.28. The zero-order valence-corrected chi connectivity index (χ0v) is 21.8. The summed E-state index contributed by atoms with van der Waals surface area (Å²) in [6, 6.07) is 20.6. The van der Waals surface area contributed by atoms with Gasteiger partial charge in [0.1, 0.15) is 22.9 Å². The van der Waals surface area contributed by atoms with Gasteiger partial charge in [-0.05, 0) is 80.3 Å². The molecule has 0 fully saturated rings. The van der Waals surface area contributed by atoms with Crippen LogP contribution < -0.4 is 10.1 Å². The number of esters is 1. The second kappa shape index (κ2) is 9.26. The molecule has 5 nitrogen and oxygen atoms in total. The predicted molar refractivity (Wildman–Crippen MR) is 142 cm³/mol. The number of hydrogen-bond acceptors (Lipinski definition) is 4. The van der Waals surface area contributed by atoms with Crippen LogP contribution in [0.3, 0.4) is 0 Å². The summed E-state index contributed by atoms with van der Waals surface area (Å²) in [6.45, 7) is 11.2. The molecular formula is C28H30BrN3O2. The Kier molecular flexibility index (Phi) is 6.54. The summed E-state index contributed by atoms with van der Waals surface area (Å²) < 4.78 is 8.49. The minimum Gasteiger partial charge on any atom is -0.423 e. The standard InChI is InChI=1S/C28H30BrN3O2/c1-27(2,3)18-28(4,5)31-25-24(30-23-11-6-7-16-32(23)25)19-12-14-22(15-13-19)34-26(33)20-9-8-10-21(29)17-20/h6-17,31H,18H2,1-5H3. The van der Waals surface area contributed by atoms with Crippen LogP contribution in [-0.4, -0.2) is 20.9 Å². The topological polar surface area (TPSA) is 55.6 Å². The van der Waals surface area contributed by atoms with Gasteiger partial charge in [0.05, 0.1) is 5.56 Å². The van der Waals surface area contributed by atoms with Gasteiger partial charge in [0.2, 0.25) is 0 Å². The normalized spacial score (nSPS) is 12.1. The molecule has 0 atom stereocenters. The van der Waals surface area contributed by atoms with Gasteiger partial charge in [-0.25, -0.2) is 9.78 Å². The Labute approximate surface area is 209 Å². The van der Waals surface area contributed by atoms with Crippen LogP contribution in [-0.2, 0) is 0 Å². The fourth-order valence-corrected chi connectivity index (χ4v) is 4.87. The average molecular weight is 520 g/mol. The first-order valence-electron chi connectivity index (χ1n) is 11.3. The number of pyridine rings is 1. The van der Waals surface area contributed by atoms with E-state index in [1.807, 2.05) is 48.7 Å². The van der Waals surface area contributed by atoms with Crippen LogP contribution in [0.1, 0.15) is 51.4 Å². The predicted octanol–water partition coefficient (Wildman–Crippen LogP) is 7.61. The van der Waals surface area contributed by atoms with E-state index in [2.05, 4.69) is 60.3 Å². The molecule has 2 aromatic carbocycles. The number of benzene rings is 2. The van der Waals surface area contributed by atoms with Crippen molar-refractivity contribution in [2.75, 3.05) is 5.32 Å². The van der Waals surface area contributed by atoms with E-state index in [0.717, 1.165) is 33.6 Å². The van der Waals surface area contributed by atoms with Crippen molar-refractivity contribution in [2.45, 2.75) is 46.6 Å². The van der Waals surface area contributed by atoms with Crippen molar-refractivity contribution in [2.24, 2.45) is 5.41 Å². The molecule has 0 bridgehead atoms. The Morgan fingerprint density at radius 3 is 2.41 bits per heavy atom. The third-order valence-electron chi connectivity index (χ3n) is 5.36. The highest BCUT2D eigenvalue weighted by molar-refractivity contribution is 9.10. The molecule has 2 aromatic heterocycles. The molecule has 176 valence electrons. The lowest BCUT2D eigenvalue weighted by atomic mass is 9.82. The van der Waals surface area contributed by atoms with Gasteiger partial charge in [0.25, 0.3) is 0 Å². The number of carbonyl (C=O) groups excluding carboxylic acids is 1. The lowest BCUT2D eigenvalue weighted by Gasteiger charge is -2.34. The number of ether oxygens (including phenoxy) is 1. The summed E-state index contributed by atoms with van der Waals surface area (Å²) >= 11 is 3.39. The number of hydrogen-bond donors (Lipinski definition) is 1. The first-order valence-corrected chi connectivity index (χ1v) is 12.1. The van der Waals surface area contributed by atoms with Crippen LogP contribution in [0.5, 0.6) is 5.75 Å². The molecule has 0 spiro atoms. The molecular weight excluding hydrogens is 490 g/mol. The molecule has 0 aliphatic heterocycles. The quantitative estimate of drug-likeness (QED) is 0.210. The van der Waals surface area contributed by atoms with Crippen LogP contribution in [0.25, 0.3) is 16.9 Å². The summed E-state index contributed by atoms with van der Waals surface area (Å²) in [4.78, 5) is 17.4.